The van der Waals surface area contributed by atoms with Gasteiger partial charge < -0.3 is 20.6 Å². The first-order valence-electron chi connectivity index (χ1n) is 7.24. The standard InChI is InChI=1S/C14H23N3O5/c1-8(2)4-10(14(21)22)16-11(18)6-15-13(20)9-5-12(19)17(3)7-9/h8-10H,4-7H2,1-3H3,(H,15,20)(H,16,18)(H,21,22)/t9?,10-/m0/s1. The van der Waals surface area contributed by atoms with E-state index in [-0.39, 0.29) is 30.7 Å². The zero-order chi connectivity index (χ0) is 16.9. The van der Waals surface area contributed by atoms with Crippen LogP contribution in [0.1, 0.15) is 26.7 Å². The molecule has 1 unspecified atom stereocenters. The van der Waals surface area contributed by atoms with Crippen LogP contribution in [0, 0.1) is 11.8 Å². The van der Waals surface area contributed by atoms with Gasteiger partial charge in [-0.2, -0.15) is 0 Å². The van der Waals surface area contributed by atoms with Crippen molar-refractivity contribution in [1.29, 1.82) is 0 Å². The highest BCUT2D eigenvalue weighted by molar-refractivity contribution is 5.92. The monoisotopic (exact) mass is 313 g/mol. The fourth-order valence-corrected chi connectivity index (χ4v) is 2.29. The van der Waals surface area contributed by atoms with Crippen LogP contribution in [0.25, 0.3) is 0 Å². The minimum absolute atomic E-state index is 0.104. The number of likely N-dealkylation sites (tertiary alicyclic amines) is 1. The molecule has 0 bridgehead atoms. The van der Waals surface area contributed by atoms with Crippen LogP contribution in [-0.2, 0) is 19.2 Å². The van der Waals surface area contributed by atoms with Crippen molar-refractivity contribution < 1.29 is 24.3 Å². The Hall–Kier alpha value is -2.12. The smallest absolute Gasteiger partial charge is 0.326 e. The summed E-state index contributed by atoms with van der Waals surface area (Å²) in [6, 6.07) is -0.969. The van der Waals surface area contributed by atoms with E-state index in [1.807, 2.05) is 13.8 Å². The van der Waals surface area contributed by atoms with Gasteiger partial charge in [-0.1, -0.05) is 13.8 Å². The number of hydrogen-bond acceptors (Lipinski definition) is 4. The van der Waals surface area contributed by atoms with E-state index in [1.54, 1.807) is 7.05 Å². The third-order valence-corrected chi connectivity index (χ3v) is 3.48. The summed E-state index contributed by atoms with van der Waals surface area (Å²) in [6.07, 6.45) is 0.450. The summed E-state index contributed by atoms with van der Waals surface area (Å²) in [7, 11) is 1.62. The minimum Gasteiger partial charge on any atom is -0.480 e. The van der Waals surface area contributed by atoms with Crippen LogP contribution in [0.4, 0.5) is 0 Å². The van der Waals surface area contributed by atoms with Gasteiger partial charge in [0.1, 0.15) is 6.04 Å². The SMILES string of the molecule is CC(C)C[C@H](NC(=O)CNC(=O)C1CC(=O)N(C)C1)C(=O)O. The lowest BCUT2D eigenvalue weighted by atomic mass is 10.0. The third kappa shape index (κ3) is 5.34. The molecule has 8 nitrogen and oxygen atoms in total. The molecule has 0 aliphatic carbocycles. The van der Waals surface area contributed by atoms with E-state index in [4.69, 9.17) is 5.11 Å². The molecule has 2 atom stereocenters. The molecule has 1 saturated heterocycles. The molecule has 1 aliphatic rings. The molecule has 22 heavy (non-hydrogen) atoms. The maximum atomic E-state index is 11.9. The van der Waals surface area contributed by atoms with Gasteiger partial charge in [0.25, 0.3) is 0 Å². The number of rotatable bonds is 7. The van der Waals surface area contributed by atoms with E-state index in [2.05, 4.69) is 10.6 Å². The number of hydrogen-bond donors (Lipinski definition) is 3. The van der Waals surface area contributed by atoms with E-state index < -0.39 is 23.8 Å². The zero-order valence-corrected chi connectivity index (χ0v) is 13.1. The number of nitrogens with zero attached hydrogens (tertiary/aromatic N) is 1. The topological polar surface area (TPSA) is 116 Å². The summed E-state index contributed by atoms with van der Waals surface area (Å²) in [5, 5.41) is 13.9. The van der Waals surface area contributed by atoms with Crippen molar-refractivity contribution in [2.45, 2.75) is 32.7 Å². The Kier molecular flexibility index (Phi) is 6.33. The highest BCUT2D eigenvalue weighted by Gasteiger charge is 2.32. The van der Waals surface area contributed by atoms with Crippen molar-refractivity contribution in [3.8, 4) is 0 Å². The first kappa shape index (κ1) is 17.9. The number of aliphatic carboxylic acids is 1. The lowest BCUT2D eigenvalue weighted by Gasteiger charge is -2.17. The molecule has 124 valence electrons. The number of carbonyl (C=O) groups excluding carboxylic acids is 3. The minimum atomic E-state index is -1.10. The summed E-state index contributed by atoms with van der Waals surface area (Å²) in [6.45, 7) is 3.75. The molecule has 1 rings (SSSR count). The van der Waals surface area contributed by atoms with Crippen LogP contribution < -0.4 is 10.6 Å². The summed E-state index contributed by atoms with van der Waals surface area (Å²) in [4.78, 5) is 47.4. The first-order chi connectivity index (χ1) is 10.2. The van der Waals surface area contributed by atoms with E-state index in [9.17, 15) is 19.2 Å². The Morgan fingerprint density at radius 2 is 2.00 bits per heavy atom. The van der Waals surface area contributed by atoms with Crippen molar-refractivity contribution in [3.63, 3.8) is 0 Å². The molecule has 0 radical (unpaired) electrons. The molecule has 0 spiro atoms. The summed E-state index contributed by atoms with van der Waals surface area (Å²) < 4.78 is 0. The number of nitrogens with one attached hydrogen (secondary N) is 2. The molecule has 1 heterocycles. The molecule has 3 amide bonds. The molecular formula is C14H23N3O5. The Bertz CT molecular complexity index is 463. The fourth-order valence-electron chi connectivity index (χ4n) is 2.29. The predicted molar refractivity (Wildman–Crippen MR) is 77.8 cm³/mol. The number of carboxylic acids is 1. The van der Waals surface area contributed by atoms with Crippen molar-refractivity contribution in [1.82, 2.24) is 15.5 Å². The van der Waals surface area contributed by atoms with Gasteiger partial charge >= 0.3 is 5.97 Å². The molecule has 8 heteroatoms. The van der Waals surface area contributed by atoms with Crippen molar-refractivity contribution in [2.24, 2.45) is 11.8 Å². The van der Waals surface area contributed by atoms with Crippen molar-refractivity contribution in [2.75, 3.05) is 20.1 Å². The normalized spacial score (nSPS) is 19.2. The molecule has 0 aromatic heterocycles. The quantitative estimate of drug-likeness (QED) is 0.569. The fraction of sp³-hybridized carbons (Fsp3) is 0.714. The molecule has 0 saturated carbocycles. The van der Waals surface area contributed by atoms with Gasteiger partial charge in [0.2, 0.25) is 17.7 Å². The molecule has 0 aromatic carbocycles. The van der Waals surface area contributed by atoms with Crippen molar-refractivity contribution >= 4 is 23.7 Å². The van der Waals surface area contributed by atoms with E-state index in [0.717, 1.165) is 0 Å². The van der Waals surface area contributed by atoms with Gasteiger partial charge in [0, 0.05) is 20.0 Å². The van der Waals surface area contributed by atoms with Gasteiger partial charge in [-0.05, 0) is 12.3 Å². The Balaban J connectivity index is 2.40. The Morgan fingerprint density at radius 3 is 2.45 bits per heavy atom. The lowest BCUT2D eigenvalue weighted by Crippen LogP contribution is -2.47. The largest absolute Gasteiger partial charge is 0.480 e. The molecule has 0 aromatic rings. The maximum Gasteiger partial charge on any atom is 0.326 e. The molecule has 3 N–H and O–H groups in total. The number of carbonyl (C=O) groups is 4. The van der Waals surface area contributed by atoms with E-state index >= 15 is 0 Å². The van der Waals surface area contributed by atoms with Gasteiger partial charge in [-0.15, -0.1) is 0 Å². The second kappa shape index (κ2) is 7.77. The van der Waals surface area contributed by atoms with Crippen molar-refractivity contribution in [3.05, 3.63) is 0 Å². The summed E-state index contributed by atoms with van der Waals surface area (Å²) >= 11 is 0. The lowest BCUT2D eigenvalue weighted by molar-refractivity contribution is -0.142. The van der Waals surface area contributed by atoms with Crippen LogP contribution in [0.15, 0.2) is 0 Å². The number of carboxylic acid groups (broad SMARTS) is 1. The average Bonchev–Trinajstić information content (AvgIpc) is 2.74. The second-order valence-electron chi connectivity index (χ2n) is 5.98. The average molecular weight is 313 g/mol. The molecular weight excluding hydrogens is 290 g/mol. The predicted octanol–water partition coefficient (Wildman–Crippen LogP) is -0.804. The Labute approximate surface area is 129 Å². The second-order valence-corrected chi connectivity index (χ2v) is 5.98. The Morgan fingerprint density at radius 1 is 1.36 bits per heavy atom. The maximum absolute atomic E-state index is 11.9. The third-order valence-electron chi connectivity index (χ3n) is 3.48. The molecule has 1 fully saturated rings. The van der Waals surface area contributed by atoms with Crippen LogP contribution in [0.3, 0.4) is 0 Å². The zero-order valence-electron chi connectivity index (χ0n) is 13.1. The van der Waals surface area contributed by atoms with Gasteiger partial charge in [-0.25, -0.2) is 4.79 Å². The van der Waals surface area contributed by atoms with Gasteiger partial charge in [0.15, 0.2) is 0 Å². The van der Waals surface area contributed by atoms with Gasteiger partial charge in [-0.3, -0.25) is 14.4 Å². The van der Waals surface area contributed by atoms with Crippen LogP contribution >= 0.6 is 0 Å². The summed E-state index contributed by atoms with van der Waals surface area (Å²) in [5.41, 5.74) is 0. The number of amides is 3. The van der Waals surface area contributed by atoms with E-state index in [0.29, 0.717) is 13.0 Å². The highest BCUT2D eigenvalue weighted by Crippen LogP contribution is 2.15. The van der Waals surface area contributed by atoms with Crippen LogP contribution in [-0.4, -0.2) is 59.9 Å². The van der Waals surface area contributed by atoms with E-state index in [1.165, 1.54) is 4.90 Å². The summed E-state index contributed by atoms with van der Waals surface area (Å²) in [5.74, 6) is -2.47. The van der Waals surface area contributed by atoms with Crippen LogP contribution in [0.2, 0.25) is 0 Å². The van der Waals surface area contributed by atoms with Crippen LogP contribution in [0.5, 0.6) is 0 Å². The highest BCUT2D eigenvalue weighted by atomic mass is 16.4. The first-order valence-corrected chi connectivity index (χ1v) is 7.24. The van der Waals surface area contributed by atoms with Gasteiger partial charge in [0.05, 0.1) is 12.5 Å². The molecule has 1 aliphatic heterocycles.